The Hall–Kier alpha value is -2.15. The Morgan fingerprint density at radius 3 is 2.62 bits per heavy atom. The highest BCUT2D eigenvalue weighted by Gasteiger charge is 2.61. The number of benzene rings is 1. The normalized spacial score (nSPS) is 45.4. The van der Waals surface area contributed by atoms with Gasteiger partial charge in [0.2, 0.25) is 6.29 Å². The highest BCUT2D eigenvalue weighted by Crippen LogP contribution is 2.64. The second kappa shape index (κ2) is 8.21. The fraction of sp³-hybridized carbons (Fsp3) is 0.654. The first-order valence-corrected chi connectivity index (χ1v) is 12.0. The van der Waals surface area contributed by atoms with E-state index in [0.29, 0.717) is 29.9 Å². The van der Waals surface area contributed by atoms with Crippen molar-refractivity contribution in [3.8, 4) is 18.1 Å². The van der Waals surface area contributed by atoms with Crippen LogP contribution in [0.2, 0.25) is 0 Å². The van der Waals surface area contributed by atoms with Crippen molar-refractivity contribution in [2.24, 2.45) is 17.3 Å². The van der Waals surface area contributed by atoms with E-state index in [2.05, 4.69) is 12.8 Å². The molecule has 8 heteroatoms. The third-order valence-electron chi connectivity index (χ3n) is 9.15. The number of aliphatic carboxylic acids is 1. The predicted molar refractivity (Wildman–Crippen MR) is 120 cm³/mol. The molecule has 0 unspecified atom stereocenters. The average Bonchev–Trinajstić information content (AvgIpc) is 3.10. The number of carboxylic acid groups (broad SMARTS) is 1. The number of hydrogen-bond donors (Lipinski definition) is 5. The molecule has 8 nitrogen and oxygen atoms in total. The number of aliphatic hydroxyl groups excluding tert-OH is 3. The third-order valence-corrected chi connectivity index (χ3v) is 9.15. The molecule has 5 N–H and O–H groups in total. The number of ether oxygens (including phenoxy) is 2. The maximum atomic E-state index is 11.3. The molecule has 184 valence electrons. The molecule has 0 aromatic heterocycles. The van der Waals surface area contributed by atoms with Crippen molar-refractivity contribution < 1.29 is 39.8 Å². The molecule has 1 aromatic rings. The molecule has 1 aromatic carbocycles. The van der Waals surface area contributed by atoms with Crippen LogP contribution in [0.4, 0.5) is 0 Å². The Kier molecular flexibility index (Phi) is 5.70. The number of aliphatic hydroxyl groups is 4. The van der Waals surface area contributed by atoms with Gasteiger partial charge in [0.25, 0.3) is 0 Å². The van der Waals surface area contributed by atoms with Gasteiger partial charge in [-0.15, -0.1) is 6.42 Å². The number of hydrogen-bond acceptors (Lipinski definition) is 7. The van der Waals surface area contributed by atoms with Gasteiger partial charge in [0.05, 0.1) is 0 Å². The maximum absolute atomic E-state index is 11.3. The first-order valence-electron chi connectivity index (χ1n) is 12.0. The standard InChI is InChI=1S/C26H32O8/c1-3-26(32)11-9-18-17-6-4-13-12-14(5-7-15(13)16(17)8-10-25(18,26)2)33-24-21(29)19(27)20(28)22(34-24)23(30)31/h1,5,7,12,16-22,24,27-29,32H,4,6,8-11H2,2H3,(H,30,31)/t16-,17-,18-,19+,20+,21-,22+,24+,25+,26+/m1/s1. The summed E-state index contributed by atoms with van der Waals surface area (Å²) >= 11 is 0. The molecule has 0 amide bonds. The maximum Gasteiger partial charge on any atom is 0.335 e. The largest absolute Gasteiger partial charge is 0.479 e. The topological polar surface area (TPSA) is 137 Å². The van der Waals surface area contributed by atoms with Gasteiger partial charge >= 0.3 is 5.97 Å². The van der Waals surface area contributed by atoms with Gasteiger partial charge in [-0.1, -0.05) is 18.9 Å². The Bertz CT molecular complexity index is 1020. The smallest absolute Gasteiger partial charge is 0.335 e. The molecule has 1 heterocycles. The van der Waals surface area contributed by atoms with Crippen LogP contribution in [0.15, 0.2) is 18.2 Å². The molecule has 1 saturated heterocycles. The molecule has 2 saturated carbocycles. The monoisotopic (exact) mass is 472 g/mol. The summed E-state index contributed by atoms with van der Waals surface area (Å²) in [5.41, 5.74) is 1.09. The van der Waals surface area contributed by atoms with Crippen LogP contribution in [0.25, 0.3) is 0 Å². The molecule has 34 heavy (non-hydrogen) atoms. The summed E-state index contributed by atoms with van der Waals surface area (Å²) in [6.45, 7) is 2.15. The van der Waals surface area contributed by atoms with Crippen LogP contribution >= 0.6 is 0 Å². The zero-order chi connectivity index (χ0) is 24.4. The second-order valence-corrected chi connectivity index (χ2v) is 10.6. The van der Waals surface area contributed by atoms with E-state index < -0.39 is 42.3 Å². The second-order valence-electron chi connectivity index (χ2n) is 10.6. The lowest BCUT2D eigenvalue weighted by Gasteiger charge is -2.52. The van der Waals surface area contributed by atoms with Crippen LogP contribution in [0.5, 0.6) is 5.75 Å². The average molecular weight is 473 g/mol. The number of aryl methyl sites for hydroxylation is 1. The van der Waals surface area contributed by atoms with Gasteiger partial charge in [-0.25, -0.2) is 4.79 Å². The quantitative estimate of drug-likeness (QED) is 0.414. The summed E-state index contributed by atoms with van der Waals surface area (Å²) in [5.74, 6) is 2.86. The lowest BCUT2D eigenvalue weighted by Crippen LogP contribution is -2.61. The van der Waals surface area contributed by atoms with E-state index in [1.165, 1.54) is 5.56 Å². The van der Waals surface area contributed by atoms with Gasteiger partial charge in [-0.2, -0.15) is 0 Å². The van der Waals surface area contributed by atoms with Crippen molar-refractivity contribution in [2.45, 2.75) is 87.7 Å². The van der Waals surface area contributed by atoms with Crippen LogP contribution < -0.4 is 4.74 Å². The zero-order valence-corrected chi connectivity index (χ0v) is 19.1. The number of carbonyl (C=O) groups is 1. The molecule has 5 rings (SSSR count). The van der Waals surface area contributed by atoms with Crippen LogP contribution in [0.3, 0.4) is 0 Å². The first-order chi connectivity index (χ1) is 16.1. The van der Waals surface area contributed by atoms with Crippen LogP contribution in [0.1, 0.15) is 56.1 Å². The van der Waals surface area contributed by atoms with Gasteiger partial charge in [-0.05, 0) is 79.5 Å². The number of terminal acetylenes is 1. The molecule has 10 atom stereocenters. The number of carboxylic acids is 1. The summed E-state index contributed by atoms with van der Waals surface area (Å²) in [4.78, 5) is 11.3. The van der Waals surface area contributed by atoms with Crippen LogP contribution in [-0.4, -0.2) is 67.8 Å². The number of rotatable bonds is 3. The molecule has 0 bridgehead atoms. The molecule has 0 radical (unpaired) electrons. The molecule has 1 aliphatic heterocycles. The van der Waals surface area contributed by atoms with E-state index >= 15 is 0 Å². The molecule has 0 spiro atoms. The SMILES string of the molecule is C#C[C@]1(O)CC[C@@H]2[C@@H]3CCc4cc(O[C@H]5O[C@H](C(=O)O)[C@@H](O)[C@H](O)[C@H]5O)ccc4[C@H]3CC[C@@]21C. The summed E-state index contributed by atoms with van der Waals surface area (Å²) in [6.07, 6.45) is 2.78. The first kappa shape index (κ1) is 23.6. The summed E-state index contributed by atoms with van der Waals surface area (Å²) < 4.78 is 11.0. The van der Waals surface area contributed by atoms with E-state index in [1.807, 2.05) is 12.1 Å². The van der Waals surface area contributed by atoms with Crippen molar-refractivity contribution in [1.82, 2.24) is 0 Å². The van der Waals surface area contributed by atoms with Crippen molar-refractivity contribution in [1.29, 1.82) is 0 Å². The van der Waals surface area contributed by atoms with Crippen LogP contribution in [0, 0.1) is 29.6 Å². The molecule has 3 aliphatic carbocycles. The Morgan fingerprint density at radius 1 is 1.15 bits per heavy atom. The van der Waals surface area contributed by atoms with E-state index in [4.69, 9.17) is 15.9 Å². The molecular weight excluding hydrogens is 440 g/mol. The highest BCUT2D eigenvalue weighted by molar-refractivity contribution is 5.73. The zero-order valence-electron chi connectivity index (χ0n) is 19.1. The lowest BCUT2D eigenvalue weighted by atomic mass is 9.53. The predicted octanol–water partition coefficient (Wildman–Crippen LogP) is 1.18. The van der Waals surface area contributed by atoms with E-state index in [9.17, 15) is 30.3 Å². The minimum absolute atomic E-state index is 0.260. The number of fused-ring (bicyclic) bond motifs is 5. The van der Waals surface area contributed by atoms with Crippen molar-refractivity contribution >= 4 is 5.97 Å². The molecule has 3 fully saturated rings. The minimum atomic E-state index is -1.76. The van der Waals surface area contributed by atoms with E-state index in [1.54, 1.807) is 6.07 Å². The van der Waals surface area contributed by atoms with Gasteiger partial charge in [0, 0.05) is 5.41 Å². The van der Waals surface area contributed by atoms with E-state index in [0.717, 1.165) is 37.7 Å². The summed E-state index contributed by atoms with van der Waals surface area (Å²) in [5, 5.41) is 50.5. The van der Waals surface area contributed by atoms with Gasteiger partial charge in [-0.3, -0.25) is 0 Å². The van der Waals surface area contributed by atoms with Crippen molar-refractivity contribution in [3.63, 3.8) is 0 Å². The third kappa shape index (κ3) is 3.37. The van der Waals surface area contributed by atoms with Gasteiger partial charge in [0.1, 0.15) is 29.7 Å². The summed E-state index contributed by atoms with van der Waals surface area (Å²) in [6, 6.07) is 5.67. The fourth-order valence-electron chi connectivity index (χ4n) is 7.17. The summed E-state index contributed by atoms with van der Waals surface area (Å²) in [7, 11) is 0. The van der Waals surface area contributed by atoms with E-state index in [-0.39, 0.29) is 5.41 Å². The Balaban J connectivity index is 1.35. The van der Waals surface area contributed by atoms with Crippen molar-refractivity contribution in [3.05, 3.63) is 29.3 Å². The molecular formula is C26H32O8. The van der Waals surface area contributed by atoms with Crippen LogP contribution in [-0.2, 0) is 16.0 Å². The van der Waals surface area contributed by atoms with Crippen molar-refractivity contribution in [2.75, 3.05) is 0 Å². The Labute approximate surface area is 198 Å². The Morgan fingerprint density at radius 2 is 1.91 bits per heavy atom. The highest BCUT2D eigenvalue weighted by atomic mass is 16.7. The van der Waals surface area contributed by atoms with Gasteiger partial charge in [0.15, 0.2) is 6.10 Å². The lowest BCUT2D eigenvalue weighted by molar-refractivity contribution is -0.271. The fourth-order valence-corrected chi connectivity index (χ4v) is 7.17. The molecule has 4 aliphatic rings. The van der Waals surface area contributed by atoms with Gasteiger partial charge < -0.3 is 35.0 Å². The minimum Gasteiger partial charge on any atom is -0.479 e.